The number of nitrogens with zero attached hydrogens (tertiary/aromatic N) is 4. The van der Waals surface area contributed by atoms with Gasteiger partial charge in [0.15, 0.2) is 5.69 Å². The summed E-state index contributed by atoms with van der Waals surface area (Å²) in [6, 6.07) is 15.5. The van der Waals surface area contributed by atoms with Crippen LogP contribution in [0.2, 0.25) is 0 Å². The zero-order chi connectivity index (χ0) is 17.2. The van der Waals surface area contributed by atoms with Gasteiger partial charge in [-0.15, -0.1) is 5.10 Å². The van der Waals surface area contributed by atoms with Crippen molar-refractivity contribution in [3.8, 4) is 28.2 Å². The van der Waals surface area contributed by atoms with E-state index < -0.39 is 5.97 Å². The number of hydrogen-bond acceptors (Lipinski definition) is 4. The summed E-state index contributed by atoms with van der Waals surface area (Å²) < 4.78 is 1.30. The second-order valence-electron chi connectivity index (χ2n) is 5.37. The first-order chi connectivity index (χ1) is 12.2. The lowest BCUT2D eigenvalue weighted by Crippen LogP contribution is -2.08. The first kappa shape index (κ1) is 14.8. The van der Waals surface area contributed by atoms with E-state index in [-0.39, 0.29) is 5.69 Å². The van der Waals surface area contributed by atoms with Crippen molar-refractivity contribution in [2.45, 2.75) is 0 Å². The van der Waals surface area contributed by atoms with Crippen molar-refractivity contribution in [1.82, 2.24) is 25.0 Å². The summed E-state index contributed by atoms with van der Waals surface area (Å²) in [4.78, 5) is 18.8. The quantitative estimate of drug-likeness (QED) is 0.599. The van der Waals surface area contributed by atoms with E-state index in [0.29, 0.717) is 11.5 Å². The first-order valence-corrected chi connectivity index (χ1v) is 7.57. The Kier molecular flexibility index (Phi) is 3.59. The number of rotatable bonds is 4. The lowest BCUT2D eigenvalue weighted by Gasteiger charge is -2.11. The molecule has 0 bridgehead atoms. The van der Waals surface area contributed by atoms with Crippen molar-refractivity contribution >= 4 is 5.97 Å². The van der Waals surface area contributed by atoms with E-state index in [1.54, 1.807) is 12.4 Å². The van der Waals surface area contributed by atoms with Crippen LogP contribution in [0.4, 0.5) is 0 Å². The van der Waals surface area contributed by atoms with Crippen LogP contribution in [0.25, 0.3) is 28.2 Å². The molecule has 0 unspecified atom stereocenters. The Balaban J connectivity index is 1.92. The summed E-state index contributed by atoms with van der Waals surface area (Å²) in [5.74, 6) is -0.394. The molecule has 0 saturated carbocycles. The lowest BCUT2D eigenvalue weighted by atomic mass is 9.98. The van der Waals surface area contributed by atoms with Crippen molar-refractivity contribution in [2.75, 3.05) is 0 Å². The highest BCUT2D eigenvalue weighted by atomic mass is 16.4. The van der Waals surface area contributed by atoms with Crippen molar-refractivity contribution in [3.05, 3.63) is 72.8 Å². The molecule has 0 spiro atoms. The standard InChI is InChI=1S/C18H13N5O2/c24-18(25)16-11-21-22-23(16)13-6-7-14(12-4-2-1-3-5-12)15(10-13)17-19-8-9-20-17/h1-11H,(H,19,20)(H,24,25). The predicted octanol–water partition coefficient (Wildman–Crippen LogP) is 3.02. The number of H-pyrrole nitrogens is 1. The van der Waals surface area contributed by atoms with Gasteiger partial charge in [-0.3, -0.25) is 0 Å². The molecule has 2 N–H and O–H groups in total. The molecule has 0 atom stereocenters. The Hall–Kier alpha value is -3.74. The molecule has 0 radical (unpaired) electrons. The van der Waals surface area contributed by atoms with Gasteiger partial charge in [0.2, 0.25) is 0 Å². The normalized spacial score (nSPS) is 10.7. The van der Waals surface area contributed by atoms with Crippen LogP contribution in [0.15, 0.2) is 67.1 Å². The fraction of sp³-hybridized carbons (Fsp3) is 0. The SMILES string of the molecule is O=C(O)c1cnnn1-c1ccc(-c2ccccc2)c(-c2ncc[nH]2)c1. The zero-order valence-corrected chi connectivity index (χ0v) is 13.0. The highest BCUT2D eigenvalue weighted by Crippen LogP contribution is 2.32. The molecule has 122 valence electrons. The van der Waals surface area contributed by atoms with Crippen LogP contribution >= 0.6 is 0 Å². The van der Waals surface area contributed by atoms with E-state index in [4.69, 9.17) is 0 Å². The molecule has 2 aromatic heterocycles. The molecule has 0 aliphatic heterocycles. The summed E-state index contributed by atoms with van der Waals surface area (Å²) in [6.07, 6.45) is 4.64. The molecule has 0 saturated heterocycles. The molecule has 0 aliphatic carbocycles. The smallest absolute Gasteiger partial charge is 0.356 e. The van der Waals surface area contributed by atoms with Crippen LogP contribution < -0.4 is 0 Å². The molecule has 25 heavy (non-hydrogen) atoms. The van der Waals surface area contributed by atoms with Crippen molar-refractivity contribution < 1.29 is 9.90 Å². The van der Waals surface area contributed by atoms with Gasteiger partial charge in [-0.1, -0.05) is 41.6 Å². The number of aromatic nitrogens is 5. The average Bonchev–Trinajstić information content (AvgIpc) is 3.34. The van der Waals surface area contributed by atoms with Gasteiger partial charge in [0.05, 0.1) is 11.9 Å². The average molecular weight is 331 g/mol. The van der Waals surface area contributed by atoms with Gasteiger partial charge in [-0.25, -0.2) is 14.5 Å². The van der Waals surface area contributed by atoms with Gasteiger partial charge in [0.1, 0.15) is 5.82 Å². The van der Waals surface area contributed by atoms with Crippen LogP contribution in [0.5, 0.6) is 0 Å². The molecule has 0 amide bonds. The maximum atomic E-state index is 11.3. The molecule has 7 nitrogen and oxygen atoms in total. The number of hydrogen-bond donors (Lipinski definition) is 2. The Bertz CT molecular complexity index is 1020. The number of imidazole rings is 1. The molecule has 7 heteroatoms. The largest absolute Gasteiger partial charge is 0.476 e. The maximum Gasteiger partial charge on any atom is 0.356 e. The van der Waals surface area contributed by atoms with Gasteiger partial charge in [-0.05, 0) is 23.3 Å². The summed E-state index contributed by atoms with van der Waals surface area (Å²) >= 11 is 0. The molecule has 4 rings (SSSR count). The van der Waals surface area contributed by atoms with Crippen molar-refractivity contribution in [3.63, 3.8) is 0 Å². The minimum absolute atomic E-state index is 0.00199. The predicted molar refractivity (Wildman–Crippen MR) is 91.3 cm³/mol. The van der Waals surface area contributed by atoms with E-state index in [2.05, 4.69) is 20.3 Å². The minimum Gasteiger partial charge on any atom is -0.476 e. The van der Waals surface area contributed by atoms with Crippen molar-refractivity contribution in [1.29, 1.82) is 0 Å². The van der Waals surface area contributed by atoms with E-state index in [9.17, 15) is 9.90 Å². The van der Waals surface area contributed by atoms with Crippen LogP contribution in [0.1, 0.15) is 10.5 Å². The van der Waals surface area contributed by atoms with Crippen LogP contribution in [-0.2, 0) is 0 Å². The highest BCUT2D eigenvalue weighted by Gasteiger charge is 2.16. The van der Waals surface area contributed by atoms with Crippen LogP contribution in [0, 0.1) is 0 Å². The Labute approximate surface area is 142 Å². The van der Waals surface area contributed by atoms with Gasteiger partial charge >= 0.3 is 5.97 Å². The Morgan fingerprint density at radius 2 is 1.92 bits per heavy atom. The number of aromatic amines is 1. The molecular formula is C18H13N5O2. The molecule has 2 aromatic carbocycles. The van der Waals surface area contributed by atoms with Crippen LogP contribution in [0.3, 0.4) is 0 Å². The van der Waals surface area contributed by atoms with E-state index in [1.165, 1.54) is 10.9 Å². The van der Waals surface area contributed by atoms with Gasteiger partial charge in [0, 0.05) is 18.0 Å². The number of aromatic carboxylic acids is 1. The third kappa shape index (κ3) is 2.67. The van der Waals surface area contributed by atoms with Crippen molar-refractivity contribution in [2.24, 2.45) is 0 Å². The lowest BCUT2D eigenvalue weighted by molar-refractivity contribution is 0.0687. The number of benzene rings is 2. The third-order valence-electron chi connectivity index (χ3n) is 3.85. The zero-order valence-electron chi connectivity index (χ0n) is 13.0. The Morgan fingerprint density at radius 1 is 1.08 bits per heavy atom. The third-order valence-corrected chi connectivity index (χ3v) is 3.85. The van der Waals surface area contributed by atoms with E-state index in [0.717, 1.165) is 16.7 Å². The fourth-order valence-electron chi connectivity index (χ4n) is 2.71. The van der Waals surface area contributed by atoms with E-state index in [1.807, 2.05) is 48.5 Å². The summed E-state index contributed by atoms with van der Waals surface area (Å²) in [5.41, 5.74) is 3.47. The minimum atomic E-state index is -1.09. The maximum absolute atomic E-state index is 11.3. The fourth-order valence-corrected chi connectivity index (χ4v) is 2.71. The van der Waals surface area contributed by atoms with Gasteiger partial charge < -0.3 is 10.1 Å². The second kappa shape index (κ2) is 6.04. The number of carbonyl (C=O) groups is 1. The second-order valence-corrected chi connectivity index (χ2v) is 5.37. The summed E-state index contributed by atoms with van der Waals surface area (Å²) in [6.45, 7) is 0. The van der Waals surface area contributed by atoms with Crippen LogP contribution in [-0.4, -0.2) is 36.0 Å². The van der Waals surface area contributed by atoms with Gasteiger partial charge in [0.25, 0.3) is 0 Å². The molecular weight excluding hydrogens is 318 g/mol. The molecule has 0 fully saturated rings. The topological polar surface area (TPSA) is 96.7 Å². The molecule has 4 aromatic rings. The molecule has 0 aliphatic rings. The summed E-state index contributed by atoms with van der Waals surface area (Å²) in [7, 11) is 0. The summed E-state index contributed by atoms with van der Waals surface area (Å²) in [5, 5.41) is 16.9. The number of carboxylic acids is 1. The van der Waals surface area contributed by atoms with Gasteiger partial charge in [-0.2, -0.15) is 0 Å². The number of nitrogens with one attached hydrogen (secondary N) is 1. The van der Waals surface area contributed by atoms with E-state index >= 15 is 0 Å². The highest BCUT2D eigenvalue weighted by molar-refractivity contribution is 5.86. The Morgan fingerprint density at radius 3 is 2.64 bits per heavy atom. The monoisotopic (exact) mass is 331 g/mol. The first-order valence-electron chi connectivity index (χ1n) is 7.57. The number of carboxylic acid groups (broad SMARTS) is 1. The molecule has 2 heterocycles.